The summed E-state index contributed by atoms with van der Waals surface area (Å²) in [7, 11) is 0. The number of aliphatic hydroxyl groups excluding tert-OH is 1. The highest BCUT2D eigenvalue weighted by atomic mass is 16.3. The molecule has 0 aliphatic carbocycles. The zero-order chi connectivity index (χ0) is 10.7. The molecule has 0 rings (SSSR count). The number of hydrogen-bond donors (Lipinski definition) is 2. The van der Waals surface area contributed by atoms with Crippen LogP contribution in [0.4, 0.5) is 0 Å². The van der Waals surface area contributed by atoms with Crippen LogP contribution in [-0.2, 0) is 0 Å². The average molecular weight is 187 g/mol. The molecule has 0 aliphatic rings. The lowest BCUT2D eigenvalue weighted by molar-refractivity contribution is 0.146. The van der Waals surface area contributed by atoms with E-state index < -0.39 is 0 Å². The lowest BCUT2D eigenvalue weighted by Gasteiger charge is -2.35. The largest absolute Gasteiger partial charge is 0.381 e. The quantitative estimate of drug-likeness (QED) is 0.665. The first-order chi connectivity index (χ1) is 5.67. The van der Waals surface area contributed by atoms with Gasteiger partial charge in [0, 0.05) is 6.04 Å². The molecule has 0 amide bonds. The Labute approximate surface area is 82.7 Å². The second kappa shape index (κ2) is 4.43. The molecule has 0 spiro atoms. The molecule has 0 radical (unpaired) electrons. The maximum absolute atomic E-state index is 8.89. The van der Waals surface area contributed by atoms with Crippen LogP contribution in [0, 0.1) is 10.8 Å². The van der Waals surface area contributed by atoms with Gasteiger partial charge in [-0.2, -0.15) is 0 Å². The van der Waals surface area contributed by atoms with Crippen molar-refractivity contribution in [1.82, 2.24) is 5.32 Å². The van der Waals surface area contributed by atoms with Gasteiger partial charge in [-0.05, 0) is 17.3 Å². The highest BCUT2D eigenvalue weighted by molar-refractivity contribution is 4.83. The maximum Gasteiger partial charge on any atom is 0.0933 e. The fraction of sp³-hybridized carbons (Fsp3) is 1.00. The monoisotopic (exact) mass is 187 g/mol. The third-order valence-corrected chi connectivity index (χ3v) is 2.20. The second-order valence-corrected chi connectivity index (χ2v) is 6.05. The fourth-order valence-corrected chi connectivity index (χ4v) is 1.41. The molecule has 1 atom stereocenters. The van der Waals surface area contributed by atoms with Gasteiger partial charge in [-0.3, -0.25) is 5.32 Å². The van der Waals surface area contributed by atoms with Crippen molar-refractivity contribution in [2.45, 2.75) is 54.0 Å². The van der Waals surface area contributed by atoms with E-state index in [0.29, 0.717) is 11.5 Å². The van der Waals surface area contributed by atoms with Crippen molar-refractivity contribution in [3.05, 3.63) is 0 Å². The van der Waals surface area contributed by atoms with E-state index in [2.05, 4.69) is 46.9 Å². The predicted octanol–water partition coefficient (Wildman–Crippen LogP) is 2.38. The molecular weight excluding hydrogens is 162 g/mol. The summed E-state index contributed by atoms with van der Waals surface area (Å²) in [4.78, 5) is 0. The number of nitrogens with one attached hydrogen (secondary N) is 1. The molecular formula is C11H25NO. The Kier molecular flexibility index (Phi) is 4.40. The summed E-state index contributed by atoms with van der Waals surface area (Å²) < 4.78 is 0. The van der Waals surface area contributed by atoms with Gasteiger partial charge in [0.15, 0.2) is 0 Å². The van der Waals surface area contributed by atoms with Gasteiger partial charge in [-0.25, -0.2) is 0 Å². The normalized spacial score (nSPS) is 15.9. The lowest BCUT2D eigenvalue weighted by atomic mass is 9.77. The van der Waals surface area contributed by atoms with Crippen LogP contribution in [-0.4, -0.2) is 17.9 Å². The molecule has 0 fully saturated rings. The zero-order valence-corrected chi connectivity index (χ0v) is 9.94. The Hall–Kier alpha value is -0.0800. The number of aliphatic hydroxyl groups is 1. The number of rotatable bonds is 3. The van der Waals surface area contributed by atoms with Crippen LogP contribution in [0.15, 0.2) is 0 Å². The Morgan fingerprint density at radius 2 is 1.54 bits per heavy atom. The van der Waals surface area contributed by atoms with Gasteiger partial charge in [0.1, 0.15) is 0 Å². The van der Waals surface area contributed by atoms with Crippen LogP contribution in [0.5, 0.6) is 0 Å². The van der Waals surface area contributed by atoms with Crippen molar-refractivity contribution in [2.24, 2.45) is 10.8 Å². The summed E-state index contributed by atoms with van der Waals surface area (Å²) in [5.74, 6) is 0. The van der Waals surface area contributed by atoms with Crippen LogP contribution in [0.25, 0.3) is 0 Å². The van der Waals surface area contributed by atoms with Crippen LogP contribution in [0.1, 0.15) is 48.0 Å². The van der Waals surface area contributed by atoms with Crippen molar-refractivity contribution in [2.75, 3.05) is 6.73 Å². The topological polar surface area (TPSA) is 32.3 Å². The first-order valence-electron chi connectivity index (χ1n) is 5.01. The molecule has 2 N–H and O–H groups in total. The molecule has 0 bridgehead atoms. The minimum Gasteiger partial charge on any atom is -0.381 e. The minimum absolute atomic E-state index is 0.0675. The lowest BCUT2D eigenvalue weighted by Crippen LogP contribution is -2.43. The van der Waals surface area contributed by atoms with Gasteiger partial charge in [0.05, 0.1) is 6.73 Å². The van der Waals surface area contributed by atoms with Crippen molar-refractivity contribution in [3.8, 4) is 0 Å². The molecule has 0 saturated heterocycles. The van der Waals surface area contributed by atoms with Gasteiger partial charge in [0.25, 0.3) is 0 Å². The molecule has 0 saturated carbocycles. The smallest absolute Gasteiger partial charge is 0.0933 e. The summed E-state index contributed by atoms with van der Waals surface area (Å²) in [6, 6.07) is 0.373. The van der Waals surface area contributed by atoms with E-state index in [4.69, 9.17) is 5.11 Å². The first kappa shape index (κ1) is 12.9. The van der Waals surface area contributed by atoms with Crippen molar-refractivity contribution in [1.29, 1.82) is 0 Å². The third-order valence-electron chi connectivity index (χ3n) is 2.20. The SMILES string of the molecule is CC(C)(C)CC(NCO)C(C)(C)C. The van der Waals surface area contributed by atoms with Crippen LogP contribution in [0.3, 0.4) is 0 Å². The van der Waals surface area contributed by atoms with E-state index in [1.165, 1.54) is 0 Å². The van der Waals surface area contributed by atoms with Gasteiger partial charge >= 0.3 is 0 Å². The summed E-state index contributed by atoms with van der Waals surface area (Å²) >= 11 is 0. The van der Waals surface area contributed by atoms with Crippen LogP contribution in [0.2, 0.25) is 0 Å². The molecule has 0 aromatic heterocycles. The van der Waals surface area contributed by atoms with Crippen molar-refractivity contribution < 1.29 is 5.11 Å². The number of hydrogen-bond acceptors (Lipinski definition) is 2. The van der Waals surface area contributed by atoms with E-state index in [-0.39, 0.29) is 12.1 Å². The van der Waals surface area contributed by atoms with Gasteiger partial charge in [-0.1, -0.05) is 41.5 Å². The summed E-state index contributed by atoms with van der Waals surface area (Å²) in [5.41, 5.74) is 0.510. The molecule has 1 unspecified atom stereocenters. The highest BCUT2D eigenvalue weighted by Gasteiger charge is 2.28. The highest BCUT2D eigenvalue weighted by Crippen LogP contribution is 2.30. The standard InChI is InChI=1S/C11H25NO/c1-10(2,3)7-9(12-8-13)11(4,5)6/h9,12-13H,7-8H2,1-6H3. The summed E-state index contributed by atoms with van der Waals surface area (Å²) in [6.07, 6.45) is 1.08. The summed E-state index contributed by atoms with van der Waals surface area (Å²) in [5, 5.41) is 12.0. The molecule has 2 heteroatoms. The Morgan fingerprint density at radius 1 is 1.08 bits per heavy atom. The van der Waals surface area contributed by atoms with E-state index in [1.807, 2.05) is 0 Å². The van der Waals surface area contributed by atoms with Gasteiger partial charge in [-0.15, -0.1) is 0 Å². The summed E-state index contributed by atoms with van der Waals surface area (Å²) in [6.45, 7) is 13.3. The maximum atomic E-state index is 8.89. The Morgan fingerprint density at radius 3 is 1.77 bits per heavy atom. The van der Waals surface area contributed by atoms with Gasteiger partial charge < -0.3 is 5.11 Å². The van der Waals surface area contributed by atoms with E-state index >= 15 is 0 Å². The Bertz CT molecular complexity index is 141. The minimum atomic E-state index is 0.0675. The van der Waals surface area contributed by atoms with E-state index in [9.17, 15) is 0 Å². The molecule has 80 valence electrons. The zero-order valence-electron chi connectivity index (χ0n) is 9.94. The Balaban J connectivity index is 4.27. The molecule has 0 aliphatic heterocycles. The molecule has 2 nitrogen and oxygen atoms in total. The first-order valence-corrected chi connectivity index (χ1v) is 5.01. The van der Waals surface area contributed by atoms with Crippen molar-refractivity contribution in [3.63, 3.8) is 0 Å². The predicted molar refractivity (Wildman–Crippen MR) is 57.5 cm³/mol. The molecule has 0 aromatic carbocycles. The van der Waals surface area contributed by atoms with E-state index in [0.717, 1.165) is 6.42 Å². The van der Waals surface area contributed by atoms with E-state index in [1.54, 1.807) is 0 Å². The van der Waals surface area contributed by atoms with Crippen molar-refractivity contribution >= 4 is 0 Å². The second-order valence-electron chi connectivity index (χ2n) is 6.05. The molecule has 0 aromatic rings. The van der Waals surface area contributed by atoms with Gasteiger partial charge in [0.2, 0.25) is 0 Å². The fourth-order valence-electron chi connectivity index (χ4n) is 1.41. The molecule has 13 heavy (non-hydrogen) atoms. The molecule has 0 heterocycles. The van der Waals surface area contributed by atoms with Crippen LogP contribution >= 0.6 is 0 Å². The third kappa shape index (κ3) is 6.05. The average Bonchev–Trinajstić information content (AvgIpc) is 1.81. The van der Waals surface area contributed by atoms with Crippen LogP contribution < -0.4 is 5.32 Å².